The number of carboxylic acid groups (broad SMARTS) is 1. The first kappa shape index (κ1) is 16.5. The molecular formula is C17H23BO5. The summed E-state index contributed by atoms with van der Waals surface area (Å²) in [7, 11) is -0.445. The van der Waals surface area contributed by atoms with Gasteiger partial charge >= 0.3 is 13.1 Å². The van der Waals surface area contributed by atoms with Crippen LogP contribution in [0.5, 0.6) is 0 Å². The number of aliphatic carboxylic acids is 1. The normalized spacial score (nSPS) is 29.0. The fourth-order valence-corrected chi connectivity index (χ4v) is 3.05. The second kappa shape index (κ2) is 5.33. The van der Waals surface area contributed by atoms with E-state index in [0.717, 1.165) is 11.9 Å². The number of ether oxygens (including phenoxy) is 1. The van der Waals surface area contributed by atoms with E-state index >= 15 is 0 Å². The third kappa shape index (κ3) is 2.59. The minimum absolute atomic E-state index is 0.396. The molecule has 0 aromatic heterocycles. The zero-order valence-electron chi connectivity index (χ0n) is 14.1. The van der Waals surface area contributed by atoms with Crippen LogP contribution in [0.2, 0.25) is 0 Å². The molecule has 0 amide bonds. The summed E-state index contributed by atoms with van der Waals surface area (Å²) in [5.74, 6) is -0.932. The molecular weight excluding hydrogens is 295 g/mol. The maximum Gasteiger partial charge on any atom is 0.494 e. The number of benzene rings is 1. The van der Waals surface area contributed by atoms with Crippen LogP contribution >= 0.6 is 0 Å². The van der Waals surface area contributed by atoms with E-state index in [2.05, 4.69) is 0 Å². The van der Waals surface area contributed by atoms with Crippen LogP contribution in [0.15, 0.2) is 24.3 Å². The highest BCUT2D eigenvalue weighted by Crippen LogP contribution is 2.38. The van der Waals surface area contributed by atoms with Crippen molar-refractivity contribution in [2.75, 3.05) is 6.61 Å². The fraction of sp³-hybridized carbons (Fsp3) is 0.588. The summed E-state index contributed by atoms with van der Waals surface area (Å²) >= 11 is 0. The third-order valence-corrected chi connectivity index (χ3v) is 5.27. The Morgan fingerprint density at radius 2 is 1.65 bits per heavy atom. The second-order valence-electron chi connectivity index (χ2n) is 7.29. The predicted octanol–water partition coefficient (Wildman–Crippen LogP) is 2.08. The van der Waals surface area contributed by atoms with Gasteiger partial charge < -0.3 is 19.2 Å². The maximum atomic E-state index is 11.7. The molecule has 6 heteroatoms. The van der Waals surface area contributed by atoms with E-state index in [1.54, 1.807) is 12.1 Å². The summed E-state index contributed by atoms with van der Waals surface area (Å²) in [6, 6.07) is 7.34. The monoisotopic (exact) mass is 318 g/mol. The molecule has 1 aromatic carbocycles. The summed E-state index contributed by atoms with van der Waals surface area (Å²) in [4.78, 5) is 11.7. The molecule has 23 heavy (non-hydrogen) atoms. The first-order valence-electron chi connectivity index (χ1n) is 8.01. The maximum absolute atomic E-state index is 11.7. The van der Waals surface area contributed by atoms with E-state index in [1.165, 1.54) is 0 Å². The van der Waals surface area contributed by atoms with Gasteiger partial charge in [0, 0.05) is 6.61 Å². The molecule has 1 N–H and O–H groups in total. The second-order valence-corrected chi connectivity index (χ2v) is 7.29. The molecule has 2 fully saturated rings. The van der Waals surface area contributed by atoms with Crippen molar-refractivity contribution in [1.29, 1.82) is 0 Å². The van der Waals surface area contributed by atoms with Crippen molar-refractivity contribution in [2.45, 2.75) is 57.3 Å². The molecule has 2 saturated heterocycles. The lowest BCUT2D eigenvalue weighted by Crippen LogP contribution is -2.41. The quantitative estimate of drug-likeness (QED) is 0.865. The van der Waals surface area contributed by atoms with Crippen LogP contribution in [0.3, 0.4) is 0 Å². The van der Waals surface area contributed by atoms with E-state index in [9.17, 15) is 9.90 Å². The minimum Gasteiger partial charge on any atom is -0.479 e. The number of rotatable bonds is 3. The molecule has 0 spiro atoms. The molecule has 2 aliphatic heterocycles. The van der Waals surface area contributed by atoms with Crippen molar-refractivity contribution in [2.24, 2.45) is 0 Å². The zero-order valence-corrected chi connectivity index (χ0v) is 14.1. The van der Waals surface area contributed by atoms with Crippen molar-refractivity contribution in [3.8, 4) is 0 Å². The van der Waals surface area contributed by atoms with Gasteiger partial charge in [-0.2, -0.15) is 0 Å². The van der Waals surface area contributed by atoms with Gasteiger partial charge in [0.2, 0.25) is 0 Å². The molecule has 2 aliphatic rings. The first-order valence-corrected chi connectivity index (χ1v) is 8.01. The van der Waals surface area contributed by atoms with Crippen LogP contribution < -0.4 is 5.46 Å². The Kier molecular flexibility index (Phi) is 3.82. The smallest absolute Gasteiger partial charge is 0.479 e. The molecule has 5 nitrogen and oxygen atoms in total. The largest absolute Gasteiger partial charge is 0.494 e. The molecule has 2 heterocycles. The Bertz CT molecular complexity index is 586. The number of hydrogen-bond acceptors (Lipinski definition) is 4. The summed E-state index contributed by atoms with van der Waals surface area (Å²) in [6.45, 7) is 8.51. The highest BCUT2D eigenvalue weighted by Gasteiger charge is 2.52. The van der Waals surface area contributed by atoms with E-state index in [1.807, 2.05) is 39.8 Å². The van der Waals surface area contributed by atoms with Gasteiger partial charge in [-0.05, 0) is 51.6 Å². The lowest BCUT2D eigenvalue weighted by Gasteiger charge is -2.32. The van der Waals surface area contributed by atoms with Gasteiger partial charge in [-0.15, -0.1) is 0 Å². The van der Waals surface area contributed by atoms with Crippen molar-refractivity contribution < 1.29 is 23.9 Å². The van der Waals surface area contributed by atoms with Crippen LogP contribution in [0, 0.1) is 0 Å². The highest BCUT2D eigenvalue weighted by molar-refractivity contribution is 6.62. The Balaban J connectivity index is 1.85. The van der Waals surface area contributed by atoms with Crippen LogP contribution in [0.25, 0.3) is 0 Å². The van der Waals surface area contributed by atoms with Crippen molar-refractivity contribution in [1.82, 2.24) is 0 Å². The Labute approximate surface area is 137 Å². The predicted molar refractivity (Wildman–Crippen MR) is 86.7 cm³/mol. The number of hydrogen-bond donors (Lipinski definition) is 1. The highest BCUT2D eigenvalue weighted by atomic mass is 16.7. The van der Waals surface area contributed by atoms with Crippen LogP contribution in [-0.2, 0) is 24.4 Å². The molecule has 0 radical (unpaired) electrons. The fourth-order valence-electron chi connectivity index (χ4n) is 3.05. The van der Waals surface area contributed by atoms with E-state index in [4.69, 9.17) is 14.0 Å². The van der Waals surface area contributed by atoms with E-state index in [-0.39, 0.29) is 0 Å². The third-order valence-electron chi connectivity index (χ3n) is 5.27. The van der Waals surface area contributed by atoms with Crippen LogP contribution in [0.1, 0.15) is 46.1 Å². The average molecular weight is 318 g/mol. The summed E-state index contributed by atoms with van der Waals surface area (Å²) < 4.78 is 17.6. The molecule has 124 valence electrons. The van der Waals surface area contributed by atoms with Gasteiger partial charge in [0.05, 0.1) is 11.2 Å². The topological polar surface area (TPSA) is 65.0 Å². The van der Waals surface area contributed by atoms with E-state index < -0.39 is 29.9 Å². The van der Waals surface area contributed by atoms with Gasteiger partial charge in [0.15, 0.2) is 5.60 Å². The zero-order chi connectivity index (χ0) is 16.9. The molecule has 0 bridgehead atoms. The molecule has 1 aromatic rings. The number of carbonyl (C=O) groups is 1. The van der Waals surface area contributed by atoms with Crippen molar-refractivity contribution in [3.63, 3.8) is 0 Å². The minimum atomic E-state index is -1.21. The van der Waals surface area contributed by atoms with Gasteiger partial charge in [0.25, 0.3) is 0 Å². The van der Waals surface area contributed by atoms with E-state index in [0.29, 0.717) is 18.6 Å². The Morgan fingerprint density at radius 3 is 2.09 bits per heavy atom. The van der Waals surface area contributed by atoms with Crippen LogP contribution in [0.4, 0.5) is 0 Å². The van der Waals surface area contributed by atoms with Crippen LogP contribution in [-0.4, -0.2) is 36.0 Å². The van der Waals surface area contributed by atoms with Crippen molar-refractivity contribution >= 4 is 18.6 Å². The molecule has 3 rings (SSSR count). The summed E-state index contributed by atoms with van der Waals surface area (Å²) in [5, 5.41) is 9.56. The standard InChI is InChI=1S/C17H23BO5/c1-15(2)16(3,4)23-18(22-15)13-8-6-12(7-9-13)17(14(19)20)10-5-11-21-17/h6-9H,5,10-11H2,1-4H3,(H,19,20). The van der Waals surface area contributed by atoms with Gasteiger partial charge in [-0.1, -0.05) is 24.3 Å². The average Bonchev–Trinajstić information content (AvgIpc) is 3.04. The van der Waals surface area contributed by atoms with Gasteiger partial charge in [0.1, 0.15) is 0 Å². The SMILES string of the molecule is CC1(C)OB(c2ccc(C3(C(=O)O)CCCO3)cc2)OC1(C)C. The first-order chi connectivity index (χ1) is 10.7. The molecule has 1 atom stereocenters. The Hall–Kier alpha value is -1.37. The lowest BCUT2D eigenvalue weighted by molar-refractivity contribution is -0.161. The Morgan fingerprint density at radius 1 is 1.09 bits per heavy atom. The van der Waals surface area contributed by atoms with Crippen molar-refractivity contribution in [3.05, 3.63) is 29.8 Å². The molecule has 0 saturated carbocycles. The molecule has 0 aliphatic carbocycles. The number of carboxylic acids is 1. The van der Waals surface area contributed by atoms with Gasteiger partial charge in [-0.25, -0.2) is 4.79 Å². The molecule has 1 unspecified atom stereocenters. The summed E-state index contributed by atoms with van der Waals surface area (Å²) in [6.07, 6.45) is 1.25. The lowest BCUT2D eigenvalue weighted by atomic mass is 9.77. The van der Waals surface area contributed by atoms with Gasteiger partial charge in [-0.3, -0.25) is 0 Å². The summed E-state index contributed by atoms with van der Waals surface area (Å²) in [5.41, 5.74) is -0.455.